The normalized spacial score (nSPS) is 11.8. The Labute approximate surface area is 116 Å². The zero-order valence-electron chi connectivity index (χ0n) is 11.2. The number of halogens is 1. The summed E-state index contributed by atoms with van der Waals surface area (Å²) in [5.74, 6) is -1.17. The van der Waals surface area contributed by atoms with Crippen LogP contribution in [0, 0.1) is 15.9 Å². The molecule has 112 valence electrons. The second-order valence-electron chi connectivity index (χ2n) is 4.15. The lowest BCUT2D eigenvalue weighted by atomic mass is 10.3. The number of hydrogen-bond acceptors (Lipinski definition) is 5. The molecule has 1 aromatic carbocycles. The van der Waals surface area contributed by atoms with Crippen LogP contribution in [0.4, 0.5) is 10.1 Å². The molecule has 1 aromatic rings. The summed E-state index contributed by atoms with van der Waals surface area (Å²) in [6.07, 6.45) is 0.599. The highest BCUT2D eigenvalue weighted by Crippen LogP contribution is 2.22. The van der Waals surface area contributed by atoms with E-state index in [0.29, 0.717) is 19.0 Å². The lowest BCUT2D eigenvalue weighted by Crippen LogP contribution is -2.29. The summed E-state index contributed by atoms with van der Waals surface area (Å²) >= 11 is 0. The maximum Gasteiger partial charge on any atom is 0.304 e. The van der Waals surface area contributed by atoms with Crippen LogP contribution in [-0.4, -0.2) is 44.8 Å². The molecule has 0 heterocycles. The van der Waals surface area contributed by atoms with Crippen molar-refractivity contribution in [2.75, 3.05) is 27.2 Å². The van der Waals surface area contributed by atoms with E-state index in [1.165, 1.54) is 7.05 Å². The fourth-order valence-electron chi connectivity index (χ4n) is 1.57. The number of sulfonamides is 1. The van der Waals surface area contributed by atoms with Crippen LogP contribution in [0.2, 0.25) is 0 Å². The highest BCUT2D eigenvalue weighted by molar-refractivity contribution is 7.89. The molecular formula is C11H16FN3O4S. The largest absolute Gasteiger partial charge is 0.320 e. The van der Waals surface area contributed by atoms with Crippen LogP contribution in [0.1, 0.15) is 6.42 Å². The molecule has 0 unspecified atom stereocenters. The monoisotopic (exact) mass is 305 g/mol. The summed E-state index contributed by atoms with van der Waals surface area (Å²) in [5.41, 5.74) is -0.748. The molecule has 1 rings (SSSR count). The Morgan fingerprint density at radius 1 is 1.45 bits per heavy atom. The minimum atomic E-state index is -3.84. The third kappa shape index (κ3) is 3.71. The summed E-state index contributed by atoms with van der Waals surface area (Å²) in [4.78, 5) is 9.29. The van der Waals surface area contributed by atoms with Crippen molar-refractivity contribution in [2.45, 2.75) is 11.3 Å². The van der Waals surface area contributed by atoms with E-state index in [4.69, 9.17) is 0 Å². The van der Waals surface area contributed by atoms with Gasteiger partial charge in [-0.05, 0) is 26.1 Å². The van der Waals surface area contributed by atoms with E-state index in [1.807, 2.05) is 0 Å². The predicted molar refractivity (Wildman–Crippen MR) is 71.4 cm³/mol. The maximum absolute atomic E-state index is 13.5. The lowest BCUT2D eigenvalue weighted by Gasteiger charge is -2.17. The van der Waals surface area contributed by atoms with Crippen molar-refractivity contribution < 1.29 is 17.7 Å². The average Bonchev–Trinajstić information content (AvgIpc) is 2.38. The first-order valence-electron chi connectivity index (χ1n) is 5.85. The molecular weight excluding hydrogens is 289 g/mol. The molecule has 0 saturated carbocycles. The van der Waals surface area contributed by atoms with E-state index in [9.17, 15) is 22.9 Å². The number of nitro groups is 1. The van der Waals surface area contributed by atoms with Gasteiger partial charge in [0.05, 0.1) is 9.82 Å². The Balaban J connectivity index is 2.98. The summed E-state index contributed by atoms with van der Waals surface area (Å²) < 4.78 is 38.8. The fourth-order valence-corrected chi connectivity index (χ4v) is 2.80. The predicted octanol–water partition coefficient (Wildman–Crippen LogP) is 0.964. The molecule has 0 bridgehead atoms. The second kappa shape index (κ2) is 6.73. The van der Waals surface area contributed by atoms with Gasteiger partial charge < -0.3 is 5.32 Å². The van der Waals surface area contributed by atoms with Crippen LogP contribution in [0.5, 0.6) is 0 Å². The molecule has 0 radical (unpaired) electrons. The number of hydrogen-bond donors (Lipinski definition) is 1. The minimum absolute atomic E-state index is 0.266. The first-order valence-corrected chi connectivity index (χ1v) is 7.29. The highest BCUT2D eigenvalue weighted by atomic mass is 32.2. The van der Waals surface area contributed by atoms with Crippen molar-refractivity contribution in [1.29, 1.82) is 0 Å². The number of benzene rings is 1. The molecule has 0 aliphatic carbocycles. The topological polar surface area (TPSA) is 92.6 Å². The van der Waals surface area contributed by atoms with Crippen LogP contribution < -0.4 is 5.32 Å². The van der Waals surface area contributed by atoms with Crippen molar-refractivity contribution in [2.24, 2.45) is 0 Å². The number of nitrogens with one attached hydrogen (secondary N) is 1. The SMILES string of the molecule is CNCCCN(C)S(=O)(=O)c1ccc([N+](=O)[O-])c(F)c1. The molecule has 0 amide bonds. The summed E-state index contributed by atoms with van der Waals surface area (Å²) in [6, 6.07) is 2.55. The third-order valence-electron chi connectivity index (χ3n) is 2.72. The first-order chi connectivity index (χ1) is 9.30. The van der Waals surface area contributed by atoms with E-state index in [2.05, 4.69) is 5.32 Å². The fraction of sp³-hybridized carbons (Fsp3) is 0.455. The van der Waals surface area contributed by atoms with Gasteiger partial charge in [-0.25, -0.2) is 12.7 Å². The van der Waals surface area contributed by atoms with Crippen LogP contribution in [-0.2, 0) is 10.0 Å². The molecule has 0 fully saturated rings. The molecule has 1 N–H and O–H groups in total. The Morgan fingerprint density at radius 2 is 2.10 bits per heavy atom. The van der Waals surface area contributed by atoms with E-state index >= 15 is 0 Å². The Morgan fingerprint density at radius 3 is 2.60 bits per heavy atom. The smallest absolute Gasteiger partial charge is 0.304 e. The Kier molecular flexibility index (Phi) is 5.54. The lowest BCUT2D eigenvalue weighted by molar-refractivity contribution is -0.387. The van der Waals surface area contributed by atoms with Crippen molar-refractivity contribution in [3.63, 3.8) is 0 Å². The van der Waals surface area contributed by atoms with Gasteiger partial charge in [0.2, 0.25) is 15.8 Å². The molecule has 20 heavy (non-hydrogen) atoms. The molecule has 0 aliphatic rings. The highest BCUT2D eigenvalue weighted by Gasteiger charge is 2.24. The average molecular weight is 305 g/mol. The zero-order chi connectivity index (χ0) is 15.3. The number of nitro benzene ring substituents is 1. The molecule has 0 aromatic heterocycles. The molecule has 0 spiro atoms. The summed E-state index contributed by atoms with van der Waals surface area (Å²) in [7, 11) is -0.712. The van der Waals surface area contributed by atoms with Crippen LogP contribution >= 0.6 is 0 Å². The van der Waals surface area contributed by atoms with E-state index in [1.54, 1.807) is 7.05 Å². The number of nitrogens with zero attached hydrogens (tertiary/aromatic N) is 2. The Hall–Kier alpha value is -1.58. The molecule has 0 saturated heterocycles. The van der Waals surface area contributed by atoms with Crippen molar-refractivity contribution in [3.05, 3.63) is 34.1 Å². The van der Waals surface area contributed by atoms with Crippen LogP contribution in [0.3, 0.4) is 0 Å². The minimum Gasteiger partial charge on any atom is -0.320 e. The molecule has 9 heteroatoms. The third-order valence-corrected chi connectivity index (χ3v) is 4.58. The van der Waals surface area contributed by atoms with E-state index in [-0.39, 0.29) is 11.4 Å². The van der Waals surface area contributed by atoms with Crippen molar-refractivity contribution >= 4 is 15.7 Å². The zero-order valence-corrected chi connectivity index (χ0v) is 12.0. The second-order valence-corrected chi connectivity index (χ2v) is 6.20. The van der Waals surface area contributed by atoms with Gasteiger partial charge in [0.25, 0.3) is 0 Å². The van der Waals surface area contributed by atoms with Gasteiger partial charge in [-0.15, -0.1) is 0 Å². The Bertz CT molecular complexity index is 591. The van der Waals surface area contributed by atoms with Gasteiger partial charge in [0, 0.05) is 25.7 Å². The summed E-state index contributed by atoms with van der Waals surface area (Å²) in [5, 5.41) is 13.4. The standard InChI is InChI=1S/C11H16FN3O4S/c1-13-6-3-7-14(2)20(18,19)9-4-5-11(15(16)17)10(12)8-9/h4-5,8,13H,3,6-7H2,1-2H3. The van der Waals surface area contributed by atoms with Gasteiger partial charge in [0.15, 0.2) is 0 Å². The van der Waals surface area contributed by atoms with Gasteiger partial charge in [-0.3, -0.25) is 10.1 Å². The van der Waals surface area contributed by atoms with Crippen molar-refractivity contribution in [1.82, 2.24) is 9.62 Å². The van der Waals surface area contributed by atoms with Gasteiger partial charge in [-0.2, -0.15) is 4.39 Å². The maximum atomic E-state index is 13.5. The van der Waals surface area contributed by atoms with Gasteiger partial charge >= 0.3 is 5.69 Å². The van der Waals surface area contributed by atoms with Crippen LogP contribution in [0.15, 0.2) is 23.1 Å². The quantitative estimate of drug-likeness (QED) is 0.460. The summed E-state index contributed by atoms with van der Waals surface area (Å²) in [6.45, 7) is 0.913. The number of rotatable bonds is 7. The van der Waals surface area contributed by atoms with E-state index in [0.717, 1.165) is 16.4 Å². The van der Waals surface area contributed by atoms with Gasteiger partial charge in [0.1, 0.15) is 0 Å². The molecule has 7 nitrogen and oxygen atoms in total. The molecule has 0 aliphatic heterocycles. The van der Waals surface area contributed by atoms with E-state index < -0.39 is 26.5 Å². The first kappa shape index (κ1) is 16.5. The van der Waals surface area contributed by atoms with Crippen molar-refractivity contribution in [3.8, 4) is 0 Å². The van der Waals surface area contributed by atoms with Crippen LogP contribution in [0.25, 0.3) is 0 Å². The molecule has 0 atom stereocenters. The van der Waals surface area contributed by atoms with Gasteiger partial charge in [-0.1, -0.05) is 0 Å².